The van der Waals surface area contributed by atoms with Gasteiger partial charge < -0.3 is 10.6 Å². The van der Waals surface area contributed by atoms with Gasteiger partial charge in [0.1, 0.15) is 5.82 Å². The molecule has 2 N–H and O–H groups in total. The van der Waals surface area contributed by atoms with Crippen LogP contribution < -0.4 is 10.6 Å². The Morgan fingerprint density at radius 1 is 1.48 bits per heavy atom. The van der Waals surface area contributed by atoms with E-state index in [1.807, 2.05) is 23.0 Å². The van der Waals surface area contributed by atoms with Gasteiger partial charge in [-0.3, -0.25) is 4.68 Å². The number of nitrogens with zero attached hydrogens (tertiary/aromatic N) is 2. The number of hydrogen-bond acceptors (Lipinski definition) is 2. The number of benzene rings is 1. The number of halogens is 1. The van der Waals surface area contributed by atoms with E-state index < -0.39 is 0 Å². The van der Waals surface area contributed by atoms with Gasteiger partial charge in [0.05, 0.1) is 0 Å². The molecule has 2 amide bonds. The van der Waals surface area contributed by atoms with Gasteiger partial charge in [0.15, 0.2) is 0 Å². The number of hydrogen-bond donors (Lipinski definition) is 2. The highest BCUT2D eigenvalue weighted by atomic mass is 19.1. The van der Waals surface area contributed by atoms with Crippen molar-refractivity contribution in [3.05, 3.63) is 54.1 Å². The number of amides is 2. The minimum Gasteiger partial charge on any atom is -0.338 e. The maximum atomic E-state index is 13.2. The zero-order valence-electron chi connectivity index (χ0n) is 13.1. The van der Waals surface area contributed by atoms with Gasteiger partial charge in [0.2, 0.25) is 0 Å². The second-order valence-electron chi connectivity index (χ2n) is 6.19. The molecular weight excluding hydrogens is 295 g/mol. The van der Waals surface area contributed by atoms with E-state index in [4.69, 9.17) is 0 Å². The van der Waals surface area contributed by atoms with Crippen LogP contribution in [0.15, 0.2) is 42.7 Å². The van der Waals surface area contributed by atoms with Gasteiger partial charge in [-0.05, 0) is 36.1 Å². The van der Waals surface area contributed by atoms with Crippen LogP contribution in [0, 0.1) is 11.7 Å². The maximum Gasteiger partial charge on any atom is 0.315 e. The van der Waals surface area contributed by atoms with Gasteiger partial charge in [0.25, 0.3) is 0 Å². The Kier molecular flexibility index (Phi) is 4.60. The molecule has 23 heavy (non-hydrogen) atoms. The Bertz CT molecular complexity index is 658. The summed E-state index contributed by atoms with van der Waals surface area (Å²) in [6, 6.07) is 8.39. The van der Waals surface area contributed by atoms with Crippen molar-refractivity contribution in [2.45, 2.75) is 31.8 Å². The molecule has 1 aliphatic rings. The molecule has 1 unspecified atom stereocenters. The largest absolute Gasteiger partial charge is 0.338 e. The summed E-state index contributed by atoms with van der Waals surface area (Å²) in [6.45, 7) is 3.42. The number of urea groups is 1. The Hall–Kier alpha value is -2.37. The Morgan fingerprint density at radius 3 is 3.09 bits per heavy atom. The fraction of sp³-hybridized carbons (Fsp3) is 0.412. The van der Waals surface area contributed by atoms with E-state index in [0.29, 0.717) is 12.5 Å². The van der Waals surface area contributed by atoms with Gasteiger partial charge in [0, 0.05) is 37.4 Å². The van der Waals surface area contributed by atoms with Gasteiger partial charge >= 0.3 is 6.03 Å². The quantitative estimate of drug-likeness (QED) is 0.860. The first-order chi connectivity index (χ1) is 11.1. The van der Waals surface area contributed by atoms with Gasteiger partial charge in [-0.25, -0.2) is 9.18 Å². The lowest BCUT2D eigenvalue weighted by atomic mass is 10.1. The lowest BCUT2D eigenvalue weighted by Crippen LogP contribution is -2.40. The van der Waals surface area contributed by atoms with E-state index in [0.717, 1.165) is 18.5 Å². The van der Waals surface area contributed by atoms with Crippen molar-refractivity contribution in [2.24, 2.45) is 5.92 Å². The van der Waals surface area contributed by atoms with E-state index in [9.17, 15) is 9.18 Å². The number of aromatic nitrogens is 2. The molecule has 0 saturated heterocycles. The minimum atomic E-state index is -0.231. The minimum absolute atomic E-state index is 0.0956. The Balaban J connectivity index is 1.39. The lowest BCUT2D eigenvalue weighted by Gasteiger charge is -2.13. The predicted octanol–water partition coefficient (Wildman–Crippen LogP) is 2.51. The van der Waals surface area contributed by atoms with E-state index in [2.05, 4.69) is 22.7 Å². The van der Waals surface area contributed by atoms with E-state index in [1.54, 1.807) is 12.3 Å². The topological polar surface area (TPSA) is 59.0 Å². The average Bonchev–Trinajstić information content (AvgIpc) is 3.09. The second-order valence-corrected chi connectivity index (χ2v) is 6.19. The number of rotatable bonds is 6. The van der Waals surface area contributed by atoms with Crippen molar-refractivity contribution >= 4 is 6.03 Å². The fourth-order valence-electron chi connectivity index (χ4n) is 2.74. The summed E-state index contributed by atoms with van der Waals surface area (Å²) in [5.74, 6) is 0.280. The summed E-state index contributed by atoms with van der Waals surface area (Å²) < 4.78 is 15.1. The Morgan fingerprint density at radius 2 is 2.35 bits per heavy atom. The first-order valence-electron chi connectivity index (χ1n) is 7.89. The van der Waals surface area contributed by atoms with Crippen LogP contribution in [0.1, 0.15) is 24.8 Å². The molecule has 1 fully saturated rings. The van der Waals surface area contributed by atoms with Crippen LogP contribution in [0.5, 0.6) is 0 Å². The van der Waals surface area contributed by atoms with Crippen LogP contribution in [-0.2, 0) is 6.54 Å². The summed E-state index contributed by atoms with van der Waals surface area (Å²) in [5.41, 5.74) is 0.947. The van der Waals surface area contributed by atoms with Crippen molar-refractivity contribution < 1.29 is 9.18 Å². The third-order valence-electron chi connectivity index (χ3n) is 4.05. The van der Waals surface area contributed by atoms with Crippen LogP contribution in [0.2, 0.25) is 0 Å². The monoisotopic (exact) mass is 316 g/mol. The first kappa shape index (κ1) is 15.5. The molecule has 0 bridgehead atoms. The van der Waals surface area contributed by atoms with Crippen LogP contribution >= 0.6 is 0 Å². The van der Waals surface area contributed by atoms with E-state index in [1.165, 1.54) is 12.1 Å². The normalized spacial score (nSPS) is 20.8. The predicted molar refractivity (Wildman–Crippen MR) is 85.5 cm³/mol. The molecule has 2 aromatic rings. The third-order valence-corrected chi connectivity index (χ3v) is 4.05. The zero-order chi connectivity index (χ0) is 16.2. The molecule has 3 rings (SSSR count). The number of carbonyl (C=O) groups is 1. The Labute approximate surface area is 134 Å². The van der Waals surface area contributed by atoms with Crippen molar-refractivity contribution in [3.63, 3.8) is 0 Å². The van der Waals surface area contributed by atoms with E-state index >= 15 is 0 Å². The summed E-state index contributed by atoms with van der Waals surface area (Å²) in [5, 5.41) is 9.98. The highest BCUT2D eigenvalue weighted by molar-refractivity contribution is 5.74. The molecule has 5 nitrogen and oxygen atoms in total. The van der Waals surface area contributed by atoms with E-state index in [-0.39, 0.29) is 23.8 Å². The molecule has 0 aliphatic heterocycles. The second kappa shape index (κ2) is 6.81. The standard InChI is InChI=1S/C17H21FN4O/c1-12(11-22-7-3-6-20-22)10-19-17(23)21-16-9-15(16)13-4-2-5-14(18)8-13/h2-8,12,15-16H,9-11H2,1H3,(H2,19,21,23)/t12?,15-,16+/m0/s1. The number of nitrogens with one attached hydrogen (secondary N) is 2. The summed E-state index contributed by atoms with van der Waals surface area (Å²) >= 11 is 0. The molecule has 3 atom stereocenters. The third kappa shape index (κ3) is 4.31. The van der Waals surface area contributed by atoms with Crippen LogP contribution in [0.3, 0.4) is 0 Å². The maximum absolute atomic E-state index is 13.2. The molecule has 1 aliphatic carbocycles. The summed E-state index contributed by atoms with van der Waals surface area (Å²) in [7, 11) is 0. The molecule has 1 aromatic heterocycles. The number of carbonyl (C=O) groups excluding carboxylic acids is 1. The van der Waals surface area contributed by atoms with Crippen LogP contribution in [0.4, 0.5) is 9.18 Å². The highest BCUT2D eigenvalue weighted by Crippen LogP contribution is 2.40. The average molecular weight is 316 g/mol. The van der Waals surface area contributed by atoms with Crippen molar-refractivity contribution in [2.75, 3.05) is 6.54 Å². The lowest BCUT2D eigenvalue weighted by molar-refractivity contribution is 0.238. The molecule has 1 saturated carbocycles. The van der Waals surface area contributed by atoms with Crippen LogP contribution in [0.25, 0.3) is 0 Å². The van der Waals surface area contributed by atoms with Crippen molar-refractivity contribution in [3.8, 4) is 0 Å². The molecule has 122 valence electrons. The van der Waals surface area contributed by atoms with Gasteiger partial charge in [-0.2, -0.15) is 5.10 Å². The molecule has 0 radical (unpaired) electrons. The molecule has 6 heteroatoms. The SMILES string of the molecule is CC(CNC(=O)N[C@@H]1C[C@H]1c1cccc(F)c1)Cn1cccn1. The van der Waals surface area contributed by atoms with Crippen molar-refractivity contribution in [1.29, 1.82) is 0 Å². The zero-order valence-corrected chi connectivity index (χ0v) is 13.1. The smallest absolute Gasteiger partial charge is 0.315 e. The van der Waals surface area contributed by atoms with Gasteiger partial charge in [-0.1, -0.05) is 19.1 Å². The molecule has 0 spiro atoms. The molecule has 1 heterocycles. The molecule has 1 aromatic carbocycles. The fourth-order valence-corrected chi connectivity index (χ4v) is 2.74. The van der Waals surface area contributed by atoms with Crippen molar-refractivity contribution in [1.82, 2.24) is 20.4 Å². The summed E-state index contributed by atoms with van der Waals surface area (Å²) in [4.78, 5) is 11.9. The first-order valence-corrected chi connectivity index (χ1v) is 7.89. The van der Waals surface area contributed by atoms with Crippen LogP contribution in [-0.4, -0.2) is 28.4 Å². The highest BCUT2D eigenvalue weighted by Gasteiger charge is 2.39. The van der Waals surface area contributed by atoms with Gasteiger partial charge in [-0.15, -0.1) is 0 Å². The summed E-state index contributed by atoms with van der Waals surface area (Å²) in [6.07, 6.45) is 4.51. The molecular formula is C17H21FN4O.